The zero-order valence-electron chi connectivity index (χ0n) is 14.9. The van der Waals surface area contributed by atoms with Gasteiger partial charge in [0.2, 0.25) is 0 Å². The highest BCUT2D eigenvalue weighted by Crippen LogP contribution is 2.35. The molecule has 0 unspecified atom stereocenters. The summed E-state index contributed by atoms with van der Waals surface area (Å²) in [4.78, 5) is -0.674. The molecular weight excluding hydrogens is 441 g/mol. The first kappa shape index (κ1) is 21.8. The van der Waals surface area contributed by atoms with Crippen LogP contribution in [0.1, 0.15) is 11.3 Å². The Morgan fingerprint density at radius 3 is 2.10 bits per heavy atom. The predicted molar refractivity (Wildman–Crippen MR) is 92.1 cm³/mol. The van der Waals surface area contributed by atoms with Crippen molar-refractivity contribution >= 4 is 9.84 Å². The van der Waals surface area contributed by atoms with Crippen LogP contribution in [-0.2, 0) is 22.2 Å². The topological polar surface area (TPSA) is 52.0 Å². The molecule has 0 aliphatic carbocycles. The van der Waals surface area contributed by atoms with Crippen molar-refractivity contribution in [2.75, 3.05) is 6.26 Å². The van der Waals surface area contributed by atoms with Crippen molar-refractivity contribution in [1.29, 1.82) is 0 Å². The SMILES string of the molecule is CS(=O)(=O)c1ccc(-c2cc(C(F)(F)F)nn2-c2cccc(C(F)(F)F)c2)cc1F. The van der Waals surface area contributed by atoms with Crippen LogP contribution in [-0.4, -0.2) is 24.5 Å². The fourth-order valence-corrected chi connectivity index (χ4v) is 3.43. The lowest BCUT2D eigenvalue weighted by atomic mass is 10.1. The minimum absolute atomic E-state index is 0.208. The summed E-state index contributed by atoms with van der Waals surface area (Å²) >= 11 is 0. The first-order chi connectivity index (χ1) is 13.7. The third-order valence-electron chi connectivity index (χ3n) is 4.04. The molecule has 30 heavy (non-hydrogen) atoms. The zero-order chi connectivity index (χ0) is 22.5. The molecule has 3 rings (SSSR count). The van der Waals surface area contributed by atoms with Crippen LogP contribution in [0.15, 0.2) is 53.4 Å². The average molecular weight is 452 g/mol. The molecule has 0 amide bonds. The zero-order valence-corrected chi connectivity index (χ0v) is 15.7. The van der Waals surface area contributed by atoms with Gasteiger partial charge in [-0.2, -0.15) is 31.4 Å². The fraction of sp³-hybridized carbons (Fsp3) is 0.167. The number of aromatic nitrogens is 2. The lowest BCUT2D eigenvalue weighted by Gasteiger charge is -2.12. The normalized spacial score (nSPS) is 12.9. The van der Waals surface area contributed by atoms with Crippen molar-refractivity contribution in [2.45, 2.75) is 17.2 Å². The van der Waals surface area contributed by atoms with Gasteiger partial charge in [0, 0.05) is 11.8 Å². The Morgan fingerprint density at radius 1 is 0.900 bits per heavy atom. The van der Waals surface area contributed by atoms with E-state index in [1.165, 1.54) is 0 Å². The Hall–Kier alpha value is -2.89. The van der Waals surface area contributed by atoms with E-state index in [1.807, 2.05) is 0 Å². The van der Waals surface area contributed by atoms with Gasteiger partial charge in [0.25, 0.3) is 0 Å². The van der Waals surface area contributed by atoms with Crippen LogP contribution in [0.4, 0.5) is 30.7 Å². The molecule has 4 nitrogen and oxygen atoms in total. The third-order valence-corrected chi connectivity index (χ3v) is 5.17. The molecule has 1 aromatic heterocycles. The second-order valence-corrected chi connectivity index (χ2v) is 8.27. The van der Waals surface area contributed by atoms with Crippen LogP contribution < -0.4 is 0 Å². The van der Waals surface area contributed by atoms with Crippen LogP contribution in [0.2, 0.25) is 0 Å². The van der Waals surface area contributed by atoms with Crippen molar-refractivity contribution in [3.63, 3.8) is 0 Å². The Kier molecular flexibility index (Phi) is 5.17. The van der Waals surface area contributed by atoms with Gasteiger partial charge in [-0.05, 0) is 36.4 Å². The van der Waals surface area contributed by atoms with E-state index in [1.54, 1.807) is 0 Å². The summed E-state index contributed by atoms with van der Waals surface area (Å²) in [5.74, 6) is -1.22. The van der Waals surface area contributed by atoms with Crippen molar-refractivity contribution in [2.24, 2.45) is 0 Å². The van der Waals surface area contributed by atoms with Crippen molar-refractivity contribution < 1.29 is 39.2 Å². The molecule has 0 atom stereocenters. The fourth-order valence-electron chi connectivity index (χ4n) is 2.70. The molecule has 2 aromatic carbocycles. The smallest absolute Gasteiger partial charge is 0.232 e. The molecule has 0 aliphatic rings. The van der Waals surface area contributed by atoms with Crippen LogP contribution in [0, 0.1) is 5.82 Å². The van der Waals surface area contributed by atoms with E-state index in [2.05, 4.69) is 5.10 Å². The van der Waals surface area contributed by atoms with E-state index in [9.17, 15) is 39.2 Å². The first-order valence-corrected chi connectivity index (χ1v) is 9.92. The molecule has 0 saturated carbocycles. The van der Waals surface area contributed by atoms with Gasteiger partial charge < -0.3 is 0 Å². The minimum atomic E-state index is -4.92. The molecule has 0 N–H and O–H groups in total. The standard InChI is InChI=1S/C18H11F7N2O2S/c1-30(28,29)15-6-5-10(7-13(15)19)14-9-16(18(23,24)25)26-27(14)12-4-2-3-11(8-12)17(20,21)22/h2-9H,1H3. The van der Waals surface area contributed by atoms with Gasteiger partial charge in [0.1, 0.15) is 10.7 Å². The predicted octanol–water partition coefficient (Wildman–Crippen LogP) is 5.12. The molecule has 0 radical (unpaired) electrons. The van der Waals surface area contributed by atoms with E-state index < -0.39 is 44.2 Å². The monoisotopic (exact) mass is 452 g/mol. The van der Waals surface area contributed by atoms with Crippen LogP contribution in [0.3, 0.4) is 0 Å². The van der Waals surface area contributed by atoms with Crippen molar-refractivity contribution in [3.8, 4) is 16.9 Å². The number of nitrogens with zero attached hydrogens (tertiary/aromatic N) is 2. The molecule has 160 valence electrons. The lowest BCUT2D eigenvalue weighted by molar-refractivity contribution is -0.141. The molecule has 0 bridgehead atoms. The second-order valence-electron chi connectivity index (χ2n) is 6.29. The number of rotatable bonds is 3. The summed E-state index contributed by atoms with van der Waals surface area (Å²) < 4.78 is 116. The van der Waals surface area contributed by atoms with Gasteiger partial charge in [0.15, 0.2) is 15.5 Å². The molecular formula is C18H11F7N2O2S. The third kappa shape index (κ3) is 4.32. The Balaban J connectivity index is 2.24. The summed E-state index contributed by atoms with van der Waals surface area (Å²) in [6.45, 7) is 0. The highest BCUT2D eigenvalue weighted by Gasteiger charge is 2.36. The Labute approximate surface area is 165 Å². The van der Waals surface area contributed by atoms with Crippen molar-refractivity contribution in [3.05, 3.63) is 65.6 Å². The number of alkyl halides is 6. The van der Waals surface area contributed by atoms with Crippen molar-refractivity contribution in [1.82, 2.24) is 9.78 Å². The van der Waals surface area contributed by atoms with Gasteiger partial charge in [-0.3, -0.25) is 0 Å². The summed E-state index contributed by atoms with van der Waals surface area (Å²) in [6.07, 6.45) is -8.92. The average Bonchev–Trinajstić information content (AvgIpc) is 3.05. The van der Waals surface area contributed by atoms with Gasteiger partial charge in [0.05, 0.1) is 16.9 Å². The number of sulfone groups is 1. The Bertz CT molecular complexity index is 1210. The molecule has 0 saturated heterocycles. The van der Waals surface area contributed by atoms with E-state index >= 15 is 0 Å². The number of benzene rings is 2. The largest absolute Gasteiger partial charge is 0.435 e. The second kappa shape index (κ2) is 7.11. The summed E-state index contributed by atoms with van der Waals surface area (Å²) in [6, 6.07) is 6.54. The van der Waals surface area contributed by atoms with E-state index in [-0.39, 0.29) is 16.9 Å². The molecule has 0 spiro atoms. The maximum Gasteiger partial charge on any atom is 0.435 e. The molecule has 12 heteroatoms. The molecule has 0 aliphatic heterocycles. The molecule has 0 fully saturated rings. The Morgan fingerprint density at radius 2 is 1.57 bits per heavy atom. The number of hydrogen-bond donors (Lipinski definition) is 0. The van der Waals surface area contributed by atoms with Gasteiger partial charge in [-0.1, -0.05) is 12.1 Å². The molecule has 3 aromatic rings. The highest BCUT2D eigenvalue weighted by atomic mass is 32.2. The van der Waals surface area contributed by atoms with E-state index in [4.69, 9.17) is 0 Å². The van der Waals surface area contributed by atoms with Crippen LogP contribution in [0.25, 0.3) is 16.9 Å². The van der Waals surface area contributed by atoms with E-state index in [0.29, 0.717) is 22.9 Å². The maximum absolute atomic E-state index is 14.2. The van der Waals surface area contributed by atoms with E-state index in [0.717, 1.165) is 36.6 Å². The summed E-state index contributed by atoms with van der Waals surface area (Å²) in [5.41, 5.74) is -3.46. The van der Waals surface area contributed by atoms with Crippen LogP contribution in [0.5, 0.6) is 0 Å². The lowest BCUT2D eigenvalue weighted by Crippen LogP contribution is -2.09. The maximum atomic E-state index is 14.2. The van der Waals surface area contributed by atoms with Gasteiger partial charge >= 0.3 is 12.4 Å². The number of hydrogen-bond acceptors (Lipinski definition) is 3. The summed E-state index contributed by atoms with van der Waals surface area (Å²) in [5, 5.41) is 3.34. The van der Waals surface area contributed by atoms with Crippen LogP contribution >= 0.6 is 0 Å². The minimum Gasteiger partial charge on any atom is -0.232 e. The quantitative estimate of drug-likeness (QED) is 0.519. The van der Waals surface area contributed by atoms with Gasteiger partial charge in [-0.15, -0.1) is 0 Å². The van der Waals surface area contributed by atoms with Gasteiger partial charge in [-0.25, -0.2) is 17.5 Å². The summed E-state index contributed by atoms with van der Waals surface area (Å²) in [7, 11) is -3.94. The highest BCUT2D eigenvalue weighted by molar-refractivity contribution is 7.90. The molecule has 1 heterocycles. The first-order valence-electron chi connectivity index (χ1n) is 8.03. The number of halogens is 7.